The first-order valence-corrected chi connectivity index (χ1v) is 45.7. The van der Waals surface area contributed by atoms with Gasteiger partial charge in [0.05, 0.1) is 126 Å². The number of Topliss-reactive ketones (excluding diaryl/α,β-unsaturated/α-hetero) is 1. The summed E-state index contributed by atoms with van der Waals surface area (Å²) < 4.78 is 389. The molecule has 16 nitrogen and oxygen atoms in total. The number of hydrogen-bond donors (Lipinski definition) is 4. The molecule has 11 aromatic rings. The van der Waals surface area contributed by atoms with Crippen LogP contribution in [0.5, 0.6) is 17.2 Å². The van der Waals surface area contributed by atoms with Crippen LogP contribution < -0.4 is 35.5 Å². The molecule has 7 aliphatic rings. The van der Waals surface area contributed by atoms with Gasteiger partial charge in [0, 0.05) is 52.7 Å². The van der Waals surface area contributed by atoms with Crippen LogP contribution in [0.4, 0.5) is 133 Å². The number of amides is 7. The summed E-state index contributed by atoms with van der Waals surface area (Å²) >= 11 is 0. The van der Waals surface area contributed by atoms with Gasteiger partial charge in [0.1, 0.15) is 22.9 Å². The molecule has 0 saturated carbocycles. The highest BCUT2D eigenvalue weighted by Gasteiger charge is 2.56. The molecule has 18 rings (SSSR count). The topological polar surface area (TPSA) is 184 Å². The molecule has 7 amide bonds. The summed E-state index contributed by atoms with van der Waals surface area (Å²) in [5.41, 5.74) is -6.01. The second-order valence-corrected chi connectivity index (χ2v) is 37.0. The van der Waals surface area contributed by atoms with Crippen molar-refractivity contribution in [3.05, 3.63) is 306 Å². The van der Waals surface area contributed by atoms with E-state index in [1.807, 2.05) is 44.2 Å². The van der Waals surface area contributed by atoms with E-state index in [4.69, 9.17) is 14.2 Å². The number of carbonyl (C=O) groups is 5. The number of nitrogens with one attached hydrogen (secondary N) is 4. The molecule has 43 heteroatoms. The Hall–Kier alpha value is -14.2. The third kappa shape index (κ3) is 21.1. The van der Waals surface area contributed by atoms with Crippen molar-refractivity contribution >= 4 is 29.8 Å². The second-order valence-electron chi connectivity index (χ2n) is 37.0. The lowest BCUT2D eigenvalue weighted by Gasteiger charge is -2.28. The summed E-state index contributed by atoms with van der Waals surface area (Å²) in [6.45, 7) is 8.57. The predicted molar refractivity (Wildman–Crippen MR) is 484 cm³/mol. The van der Waals surface area contributed by atoms with Crippen LogP contribution in [0.1, 0.15) is 212 Å². The Morgan fingerprint density at radius 2 is 0.622 bits per heavy atom. The average Bonchev–Trinajstić information content (AvgIpc) is 1.59. The summed E-state index contributed by atoms with van der Waals surface area (Å²) in [6, 6.07) is 26.0. The third-order valence-corrected chi connectivity index (χ3v) is 28.1. The van der Waals surface area contributed by atoms with Crippen molar-refractivity contribution < 1.29 is 157 Å². The van der Waals surface area contributed by atoms with Gasteiger partial charge in [0.15, 0.2) is 5.78 Å². The molecule has 1 aromatic heterocycles. The molecule has 8 heterocycles. The molecule has 0 aliphatic carbocycles. The minimum atomic E-state index is -5.12. The number of ketones is 1. The van der Waals surface area contributed by atoms with Gasteiger partial charge in [-0.25, -0.2) is 19.4 Å². The molecule has 10 aromatic carbocycles. The van der Waals surface area contributed by atoms with Crippen molar-refractivity contribution in [1.82, 2.24) is 41.0 Å². The van der Waals surface area contributed by atoms with Gasteiger partial charge in [0.25, 0.3) is 0 Å². The molecule has 0 spiro atoms. The molecule has 7 saturated heterocycles. The van der Waals surface area contributed by atoms with Gasteiger partial charge in [-0.2, -0.15) is 119 Å². The van der Waals surface area contributed by atoms with Crippen LogP contribution in [0.25, 0.3) is 55.6 Å². The smallest absolute Gasteiger partial charge is 0.416 e. The number of fused-ring (bicyclic) bond motifs is 3. The number of rotatable bonds is 16. The van der Waals surface area contributed by atoms with Gasteiger partial charge >= 0.3 is 73.7 Å². The van der Waals surface area contributed by atoms with Gasteiger partial charge in [0.2, 0.25) is 5.91 Å². The predicted octanol–water partition coefficient (Wildman–Crippen LogP) is 29.0. The van der Waals surface area contributed by atoms with Crippen LogP contribution in [0.2, 0.25) is 0 Å². The van der Waals surface area contributed by atoms with Gasteiger partial charge in [-0.15, -0.1) is 0 Å². The Bertz CT molecular complexity index is 6930. The molecule has 12 atom stereocenters. The van der Waals surface area contributed by atoms with E-state index in [1.54, 1.807) is 74.5 Å². The highest BCUT2D eigenvalue weighted by Crippen LogP contribution is 2.57. The highest BCUT2D eigenvalue weighted by molar-refractivity contribution is 5.93. The third-order valence-electron chi connectivity index (χ3n) is 28.1. The van der Waals surface area contributed by atoms with E-state index in [1.165, 1.54) is 61.2 Å². The zero-order valence-corrected chi connectivity index (χ0v) is 78.5. The maximum Gasteiger partial charge on any atom is 0.416 e. The number of halogens is 27. The zero-order valence-electron chi connectivity index (χ0n) is 78.5. The number of carbonyl (C=O) groups excluding carboxylic acids is 5. The molecule has 782 valence electrons. The van der Waals surface area contributed by atoms with Crippen LogP contribution in [0.3, 0.4) is 0 Å². The summed E-state index contributed by atoms with van der Waals surface area (Å²) in [7, 11) is 4.15. The van der Waals surface area contributed by atoms with E-state index in [0.29, 0.717) is 92.5 Å². The number of aromatic nitrogens is 1. The fraction of sp³-hybridized carbons (Fsp3) is 0.333. The van der Waals surface area contributed by atoms with Gasteiger partial charge in [-0.05, 0) is 271 Å². The number of alkyl halides is 27. The van der Waals surface area contributed by atoms with Gasteiger partial charge in [-0.3, -0.25) is 9.59 Å². The Morgan fingerprint density at radius 1 is 0.318 bits per heavy atom. The van der Waals surface area contributed by atoms with E-state index in [-0.39, 0.29) is 120 Å². The number of benzene rings is 10. The minimum absolute atomic E-state index is 0.00283. The highest BCUT2D eigenvalue weighted by atomic mass is 19.4. The number of urea groups is 3. The molecular weight excluding hydrogens is 2010 g/mol. The van der Waals surface area contributed by atoms with Crippen molar-refractivity contribution in [2.24, 2.45) is 5.92 Å². The molecule has 7 fully saturated rings. The summed E-state index contributed by atoms with van der Waals surface area (Å²) in [6.07, 6.45) is -44.5. The van der Waals surface area contributed by atoms with Crippen molar-refractivity contribution in [2.75, 3.05) is 21.3 Å². The molecule has 0 unspecified atom stereocenters. The maximum absolute atomic E-state index is 14.1. The first-order valence-electron chi connectivity index (χ1n) is 45.7. The zero-order chi connectivity index (χ0) is 108. The monoisotopic (exact) mass is 2100 g/mol. The normalized spacial score (nSPS) is 21.6. The summed E-state index contributed by atoms with van der Waals surface area (Å²) in [5.74, 6) is -0.165. The number of hydrogen-bond acceptors (Lipinski definition) is 9. The lowest BCUT2D eigenvalue weighted by atomic mass is 9.83. The van der Waals surface area contributed by atoms with Crippen molar-refractivity contribution in [3.63, 3.8) is 0 Å². The summed E-state index contributed by atoms with van der Waals surface area (Å²) in [4.78, 5) is 72.6. The first kappa shape index (κ1) is 107. The lowest BCUT2D eigenvalue weighted by molar-refractivity contribution is -0.144. The van der Waals surface area contributed by atoms with Crippen LogP contribution >= 0.6 is 0 Å². The quantitative estimate of drug-likeness (QED) is 0.0540. The number of pyridine rings is 1. The Balaban J connectivity index is 0.000000158. The second kappa shape index (κ2) is 39.1. The maximum atomic E-state index is 14.1. The SMILES string of the molecule is COc1ccc(-c2ccc(C(C)=O)nc2C)cc1-c1ccc(C(F)(F)F)cc1[C@@H]1CC[C@H]2[C@@H](c3cc(C(F)(F)F)cc(C(F)(F)F)c3)NC(=O)N12.COc1ccc(-c2ccccc2C)cc1-c1ccc(C(F)(F)F)cc1[C@@H]1CC[C@H]2[C@@H](c3cc(C(F)(F)F)cc(C(F)(F)F)c3)NC(=O)N12.COc1ccc([C@H]2[C@H](C)C(=O)N[C@@H]2C)cc1-c1ccc(C(F)(F)F)cc1[C@@H]1CC[C@H]2[C@@H](c3cc(C(F)(F)F)cc(C(F)(F)F)c3)NC(=O)N12. The van der Waals surface area contributed by atoms with E-state index in [0.717, 1.165) is 53.1 Å². The molecule has 148 heavy (non-hydrogen) atoms. The largest absolute Gasteiger partial charge is 0.496 e. The standard InChI is InChI=1S/C36H28F9N3O3.C35H27F9N2O2.C34H30F9N3O3/c1-17-24(7-8-28(46-17)18(2)49)19-4-11-31(51-3)27(14-19)25-6-5-21(34(37,38)39)16-26(25)29-9-10-30-32(47-33(50)48(29)30)20-12-22(35(40,41)42)15-23(13-20)36(43,44)45;1-18-5-3-4-6-24(18)19-7-12-30(48-2)27(15-19)25-9-8-21(33(36,37)38)17-26(25)28-10-11-29-31(45-32(47)46(28)29)20-13-22(34(39,40)41)16-23(14-20)35(42,43)44;1-15-28(16(2)44-30(15)47)17-4-9-27(49-3)24(12-17)22-6-5-19(32(35,36)37)14-23(22)25-7-8-26-29(45-31(48)46(25)26)18-10-20(33(38,39)40)13-21(11-18)34(41,42)43/h4-8,11-16,29-30,32H,9-10H2,1-3H3,(H,47,50);3-9,12-17,28-29,31H,10-11H2,1-2H3,(H,45,47);4-6,9-16,25-26,28-29H,7-8H2,1-3H3,(H,44,47)(H,45,48)/t29-,30-,32+;28-,29-,31+;15-,16+,25-,26-,28-,29+/m000/s1. The Kier molecular flexibility index (Phi) is 28.2. The molecule has 0 radical (unpaired) electrons. The lowest BCUT2D eigenvalue weighted by Crippen LogP contribution is -2.32. The van der Waals surface area contributed by atoms with E-state index in [9.17, 15) is 143 Å². The fourth-order valence-corrected chi connectivity index (χ4v) is 21.3. The van der Waals surface area contributed by atoms with E-state index >= 15 is 0 Å². The average molecular weight is 2100 g/mol. The number of methoxy groups -OCH3 is 3. The van der Waals surface area contributed by atoms with Gasteiger partial charge in [-0.1, -0.05) is 73.7 Å². The van der Waals surface area contributed by atoms with Crippen LogP contribution in [0, 0.1) is 19.8 Å². The minimum Gasteiger partial charge on any atom is -0.496 e. The van der Waals surface area contributed by atoms with Crippen molar-refractivity contribution in [1.29, 1.82) is 0 Å². The molecule has 0 bridgehead atoms. The fourth-order valence-electron chi connectivity index (χ4n) is 21.3. The number of nitrogens with zero attached hydrogens (tertiary/aromatic N) is 4. The van der Waals surface area contributed by atoms with E-state index in [2.05, 4.69) is 26.3 Å². The molecule has 7 aliphatic heterocycles. The Labute approximate surface area is 825 Å². The number of aryl methyl sites for hydroxylation is 2. The number of ether oxygens (including phenoxy) is 3. The molecule has 4 N–H and O–H groups in total. The van der Waals surface area contributed by atoms with Crippen LogP contribution in [-0.2, 0) is 60.4 Å². The van der Waals surface area contributed by atoms with Gasteiger partial charge < -0.3 is 50.2 Å². The summed E-state index contributed by atoms with van der Waals surface area (Å²) in [5, 5.41) is 10.3. The van der Waals surface area contributed by atoms with Crippen molar-refractivity contribution in [3.8, 4) is 72.9 Å². The van der Waals surface area contributed by atoms with Crippen LogP contribution in [-0.4, -0.2) is 95.0 Å². The first-order chi connectivity index (χ1) is 69.0. The molecular formula is C105H85F27N8O8. The van der Waals surface area contributed by atoms with E-state index < -0.39 is 201 Å². The Morgan fingerprint density at radius 3 is 0.912 bits per heavy atom. The van der Waals surface area contributed by atoms with Crippen molar-refractivity contribution in [2.45, 2.75) is 195 Å². The van der Waals surface area contributed by atoms with Crippen LogP contribution in [0.15, 0.2) is 200 Å².